The van der Waals surface area contributed by atoms with Crippen LogP contribution in [0.3, 0.4) is 0 Å². The average Bonchev–Trinajstić information content (AvgIpc) is 2.38. The first kappa shape index (κ1) is 14.3. The summed E-state index contributed by atoms with van der Waals surface area (Å²) in [6.07, 6.45) is 3.78. The molecule has 1 aromatic heterocycles. The fraction of sp³-hybridized carbons (Fsp3) is 0.688. The van der Waals surface area contributed by atoms with Crippen molar-refractivity contribution in [2.45, 2.75) is 46.6 Å². The smallest absolute Gasteiger partial charge is 0.134 e. The maximum atomic E-state index is 9.85. The van der Waals surface area contributed by atoms with Gasteiger partial charge in [0.1, 0.15) is 5.82 Å². The van der Waals surface area contributed by atoms with Gasteiger partial charge in [-0.25, -0.2) is 4.98 Å². The fourth-order valence-corrected chi connectivity index (χ4v) is 2.96. The number of rotatable bonds is 2. The van der Waals surface area contributed by atoms with Crippen LogP contribution in [0.15, 0.2) is 18.3 Å². The molecule has 2 heterocycles. The summed E-state index contributed by atoms with van der Waals surface area (Å²) in [5.74, 6) is 1.74. The number of nitrogens with zero attached hydrogens (tertiary/aromatic N) is 2. The van der Waals surface area contributed by atoms with Crippen molar-refractivity contribution in [3.63, 3.8) is 0 Å². The van der Waals surface area contributed by atoms with E-state index in [0.29, 0.717) is 5.41 Å². The van der Waals surface area contributed by atoms with E-state index < -0.39 is 6.10 Å². The lowest BCUT2D eigenvalue weighted by Crippen LogP contribution is -2.39. The first-order valence-electron chi connectivity index (χ1n) is 7.27. The summed E-state index contributed by atoms with van der Waals surface area (Å²) in [5, 5.41) is 9.85. The third kappa shape index (κ3) is 3.27. The van der Waals surface area contributed by atoms with Crippen molar-refractivity contribution in [3.8, 4) is 0 Å². The molecule has 1 aliphatic heterocycles. The molecule has 1 aliphatic rings. The molecule has 0 bridgehead atoms. The summed E-state index contributed by atoms with van der Waals surface area (Å²) in [4.78, 5) is 6.80. The Hall–Kier alpha value is -1.09. The van der Waals surface area contributed by atoms with Crippen LogP contribution in [-0.2, 0) is 0 Å². The van der Waals surface area contributed by atoms with Gasteiger partial charge in [-0.3, -0.25) is 0 Å². The maximum Gasteiger partial charge on any atom is 0.134 e. The van der Waals surface area contributed by atoms with E-state index >= 15 is 0 Å². The Bertz CT molecular complexity index is 415. The zero-order valence-electron chi connectivity index (χ0n) is 12.6. The molecule has 106 valence electrons. The molecule has 2 rings (SSSR count). The van der Waals surface area contributed by atoms with Gasteiger partial charge in [-0.1, -0.05) is 26.8 Å². The Morgan fingerprint density at radius 1 is 1.32 bits per heavy atom. The van der Waals surface area contributed by atoms with Crippen molar-refractivity contribution >= 4 is 5.82 Å². The normalized spacial score (nSPS) is 19.5. The molecular weight excluding hydrogens is 236 g/mol. The summed E-state index contributed by atoms with van der Waals surface area (Å²) in [6, 6.07) is 3.87. The Kier molecular flexibility index (Phi) is 4.14. The van der Waals surface area contributed by atoms with Crippen molar-refractivity contribution in [2.75, 3.05) is 18.0 Å². The quantitative estimate of drug-likeness (QED) is 0.887. The van der Waals surface area contributed by atoms with Crippen LogP contribution in [0, 0.1) is 11.3 Å². The molecule has 0 radical (unpaired) electrons. The second kappa shape index (κ2) is 5.49. The molecule has 0 aromatic carbocycles. The highest BCUT2D eigenvalue weighted by atomic mass is 16.3. The third-order valence-corrected chi connectivity index (χ3v) is 4.29. The fourth-order valence-electron chi connectivity index (χ4n) is 2.96. The molecule has 1 N–H and O–H groups in total. The summed E-state index contributed by atoms with van der Waals surface area (Å²) in [5.41, 5.74) is 1.33. The van der Waals surface area contributed by atoms with Crippen LogP contribution in [0.4, 0.5) is 5.82 Å². The number of pyridine rings is 1. The molecule has 1 aromatic rings. The molecule has 0 amide bonds. The van der Waals surface area contributed by atoms with Crippen LogP contribution in [0.1, 0.15) is 52.2 Å². The molecular formula is C16H26N2O. The molecule has 0 unspecified atom stereocenters. The van der Waals surface area contributed by atoms with Crippen LogP contribution >= 0.6 is 0 Å². The number of hydrogen-bond donors (Lipinski definition) is 1. The van der Waals surface area contributed by atoms with Gasteiger partial charge in [0.15, 0.2) is 0 Å². The lowest BCUT2D eigenvalue weighted by Gasteiger charge is -2.39. The number of anilines is 1. The number of hydrogen-bond acceptors (Lipinski definition) is 3. The molecule has 1 saturated heterocycles. The second-order valence-corrected chi connectivity index (χ2v) is 6.72. The van der Waals surface area contributed by atoms with E-state index in [1.807, 2.05) is 25.3 Å². The monoisotopic (exact) mass is 262 g/mol. The molecule has 19 heavy (non-hydrogen) atoms. The van der Waals surface area contributed by atoms with Crippen molar-refractivity contribution in [1.82, 2.24) is 4.98 Å². The standard InChI is InChI=1S/C16H26N2O/c1-12(19)14-6-5-9-17-15(14)18-10-7-13(8-11-18)16(2,3)4/h5-6,9,12-13,19H,7-8,10-11H2,1-4H3/t12-/m0/s1. The minimum Gasteiger partial charge on any atom is -0.389 e. The van der Waals surface area contributed by atoms with E-state index in [9.17, 15) is 5.11 Å². The van der Waals surface area contributed by atoms with Gasteiger partial charge in [-0.15, -0.1) is 0 Å². The highest BCUT2D eigenvalue weighted by molar-refractivity contribution is 5.48. The lowest BCUT2D eigenvalue weighted by molar-refractivity contribution is 0.192. The highest BCUT2D eigenvalue weighted by Crippen LogP contribution is 2.36. The summed E-state index contributed by atoms with van der Waals surface area (Å²) in [6.45, 7) is 10.9. The van der Waals surface area contributed by atoms with Crippen LogP contribution in [0.2, 0.25) is 0 Å². The highest BCUT2D eigenvalue weighted by Gasteiger charge is 2.29. The van der Waals surface area contributed by atoms with E-state index in [2.05, 4.69) is 30.7 Å². The van der Waals surface area contributed by atoms with E-state index in [1.165, 1.54) is 12.8 Å². The van der Waals surface area contributed by atoms with Crippen LogP contribution < -0.4 is 4.90 Å². The minimum absolute atomic E-state index is 0.392. The Balaban J connectivity index is 2.10. The average molecular weight is 262 g/mol. The Morgan fingerprint density at radius 3 is 2.47 bits per heavy atom. The number of aliphatic hydroxyl groups is 1. The number of aliphatic hydroxyl groups excluding tert-OH is 1. The van der Waals surface area contributed by atoms with E-state index in [-0.39, 0.29) is 0 Å². The van der Waals surface area contributed by atoms with Gasteiger partial charge in [0.25, 0.3) is 0 Å². The van der Waals surface area contributed by atoms with Crippen molar-refractivity contribution in [3.05, 3.63) is 23.9 Å². The summed E-state index contributed by atoms with van der Waals surface area (Å²) in [7, 11) is 0. The second-order valence-electron chi connectivity index (χ2n) is 6.72. The predicted molar refractivity (Wildman–Crippen MR) is 79.3 cm³/mol. The van der Waals surface area contributed by atoms with Crippen molar-refractivity contribution in [1.29, 1.82) is 0 Å². The van der Waals surface area contributed by atoms with Gasteiger partial charge in [-0.05, 0) is 37.2 Å². The zero-order valence-corrected chi connectivity index (χ0v) is 12.6. The first-order chi connectivity index (χ1) is 8.89. The van der Waals surface area contributed by atoms with E-state index in [1.54, 1.807) is 0 Å². The predicted octanol–water partition coefficient (Wildman–Crippen LogP) is 3.40. The van der Waals surface area contributed by atoms with Gasteiger partial charge >= 0.3 is 0 Å². The largest absolute Gasteiger partial charge is 0.389 e. The summed E-state index contributed by atoms with van der Waals surface area (Å²) >= 11 is 0. The topological polar surface area (TPSA) is 36.4 Å². The number of aromatic nitrogens is 1. The van der Waals surface area contributed by atoms with Crippen LogP contribution in [-0.4, -0.2) is 23.2 Å². The lowest BCUT2D eigenvalue weighted by atomic mass is 9.75. The van der Waals surface area contributed by atoms with Crippen LogP contribution in [0.25, 0.3) is 0 Å². The Morgan fingerprint density at radius 2 is 1.95 bits per heavy atom. The molecule has 3 heteroatoms. The van der Waals surface area contributed by atoms with Gasteiger partial charge in [0.2, 0.25) is 0 Å². The molecule has 1 fully saturated rings. The van der Waals surface area contributed by atoms with Gasteiger partial charge in [-0.2, -0.15) is 0 Å². The van der Waals surface area contributed by atoms with Gasteiger partial charge in [0, 0.05) is 24.8 Å². The summed E-state index contributed by atoms with van der Waals surface area (Å²) < 4.78 is 0. The molecule has 3 nitrogen and oxygen atoms in total. The molecule has 0 spiro atoms. The number of piperidine rings is 1. The SMILES string of the molecule is C[C@H](O)c1cccnc1N1CCC(C(C)(C)C)CC1. The van der Waals surface area contributed by atoms with Gasteiger partial charge < -0.3 is 10.0 Å². The molecule has 1 atom stereocenters. The van der Waals surface area contributed by atoms with Gasteiger partial charge in [0.05, 0.1) is 6.10 Å². The Labute approximate surface area is 116 Å². The first-order valence-corrected chi connectivity index (χ1v) is 7.27. The molecule has 0 aliphatic carbocycles. The van der Waals surface area contributed by atoms with Crippen LogP contribution in [0.5, 0.6) is 0 Å². The van der Waals surface area contributed by atoms with Crippen molar-refractivity contribution < 1.29 is 5.11 Å². The third-order valence-electron chi connectivity index (χ3n) is 4.29. The minimum atomic E-state index is -0.455. The maximum absolute atomic E-state index is 9.85. The molecule has 0 saturated carbocycles. The van der Waals surface area contributed by atoms with E-state index in [4.69, 9.17) is 0 Å². The zero-order chi connectivity index (χ0) is 14.0. The van der Waals surface area contributed by atoms with Crippen molar-refractivity contribution in [2.24, 2.45) is 11.3 Å². The van der Waals surface area contributed by atoms with E-state index in [0.717, 1.165) is 30.4 Å².